The van der Waals surface area contributed by atoms with Crippen LogP contribution in [0.2, 0.25) is 5.02 Å². The van der Waals surface area contributed by atoms with Crippen LogP contribution in [0.25, 0.3) is 0 Å². The van der Waals surface area contributed by atoms with E-state index in [2.05, 4.69) is 28.2 Å². The van der Waals surface area contributed by atoms with Gasteiger partial charge in [0.25, 0.3) is 0 Å². The topological polar surface area (TPSA) is 12.0 Å². The minimum atomic E-state index is -0.205. The number of hydrogen-bond donors (Lipinski definition) is 1. The summed E-state index contributed by atoms with van der Waals surface area (Å²) in [6, 6.07) is 3.20. The lowest BCUT2D eigenvalue weighted by atomic mass is 10.0. The van der Waals surface area contributed by atoms with Crippen LogP contribution in [-0.4, -0.2) is 6.54 Å². The van der Waals surface area contributed by atoms with Crippen molar-refractivity contribution in [1.82, 2.24) is 5.32 Å². The van der Waals surface area contributed by atoms with Crippen molar-refractivity contribution in [3.8, 4) is 0 Å². The number of nitrogens with one attached hydrogen (secondary N) is 1. The van der Waals surface area contributed by atoms with E-state index in [-0.39, 0.29) is 11.9 Å². The van der Waals surface area contributed by atoms with E-state index in [1.165, 1.54) is 6.07 Å². The minimum Gasteiger partial charge on any atom is -0.310 e. The summed E-state index contributed by atoms with van der Waals surface area (Å²) in [7, 11) is 0. The SMILES string of the molecule is CCCCC(NCC)c1cc(Cl)c(Br)cc1F. The summed E-state index contributed by atoms with van der Waals surface area (Å²) < 4.78 is 14.5. The maximum absolute atomic E-state index is 13.9. The summed E-state index contributed by atoms with van der Waals surface area (Å²) >= 11 is 9.25. The molecular formula is C13H18BrClFN. The van der Waals surface area contributed by atoms with Crippen LogP contribution in [0.15, 0.2) is 16.6 Å². The monoisotopic (exact) mass is 321 g/mol. The van der Waals surface area contributed by atoms with Gasteiger partial charge in [0.1, 0.15) is 5.82 Å². The molecule has 0 fully saturated rings. The van der Waals surface area contributed by atoms with Gasteiger partial charge in [0.05, 0.1) is 5.02 Å². The summed E-state index contributed by atoms with van der Waals surface area (Å²) in [5.74, 6) is -0.205. The molecule has 0 bridgehead atoms. The number of hydrogen-bond acceptors (Lipinski definition) is 1. The standard InChI is InChI=1S/C13H18BrClFN/c1-3-5-6-13(17-4-2)9-7-11(15)10(14)8-12(9)16/h7-8,13,17H,3-6H2,1-2H3. The zero-order valence-corrected chi connectivity index (χ0v) is 12.5. The van der Waals surface area contributed by atoms with Crippen LogP contribution in [0.3, 0.4) is 0 Å². The Balaban J connectivity index is 2.96. The van der Waals surface area contributed by atoms with Crippen LogP contribution in [0.4, 0.5) is 4.39 Å². The third-order valence-corrected chi connectivity index (χ3v) is 3.91. The highest BCUT2D eigenvalue weighted by atomic mass is 79.9. The van der Waals surface area contributed by atoms with Gasteiger partial charge in [-0.1, -0.05) is 38.3 Å². The predicted molar refractivity (Wildman–Crippen MR) is 75.1 cm³/mol. The van der Waals surface area contributed by atoms with Gasteiger partial charge in [-0.25, -0.2) is 4.39 Å². The summed E-state index contributed by atoms with van der Waals surface area (Å²) in [5, 5.41) is 3.86. The fraction of sp³-hybridized carbons (Fsp3) is 0.538. The van der Waals surface area contributed by atoms with Gasteiger partial charge in [0, 0.05) is 16.1 Å². The summed E-state index contributed by atoms with van der Waals surface area (Å²) in [5.41, 5.74) is 0.661. The van der Waals surface area contributed by atoms with Crippen molar-refractivity contribution < 1.29 is 4.39 Å². The lowest BCUT2D eigenvalue weighted by Gasteiger charge is -2.19. The van der Waals surface area contributed by atoms with E-state index in [4.69, 9.17) is 11.6 Å². The molecule has 0 aliphatic carbocycles. The van der Waals surface area contributed by atoms with Crippen molar-refractivity contribution in [2.75, 3.05) is 6.54 Å². The van der Waals surface area contributed by atoms with Gasteiger partial charge in [-0.05, 0) is 41.0 Å². The average Bonchev–Trinajstić information content (AvgIpc) is 2.29. The molecule has 0 heterocycles. The van der Waals surface area contributed by atoms with Gasteiger partial charge in [-0.15, -0.1) is 0 Å². The highest BCUT2D eigenvalue weighted by Gasteiger charge is 2.16. The first-order chi connectivity index (χ1) is 8.10. The zero-order valence-electron chi connectivity index (χ0n) is 10.2. The van der Waals surface area contributed by atoms with Crippen molar-refractivity contribution in [3.63, 3.8) is 0 Å². The van der Waals surface area contributed by atoms with Crippen LogP contribution in [-0.2, 0) is 0 Å². The highest BCUT2D eigenvalue weighted by molar-refractivity contribution is 9.10. The van der Waals surface area contributed by atoms with Crippen LogP contribution in [0.1, 0.15) is 44.7 Å². The minimum absolute atomic E-state index is 0.0468. The first kappa shape index (κ1) is 14.9. The molecule has 1 nitrogen and oxygen atoms in total. The summed E-state index contributed by atoms with van der Waals surface area (Å²) in [6.45, 7) is 4.98. The normalized spacial score (nSPS) is 12.8. The lowest BCUT2D eigenvalue weighted by Crippen LogP contribution is -2.22. The zero-order chi connectivity index (χ0) is 12.8. The quantitative estimate of drug-likeness (QED) is 0.720. The van der Waals surface area contributed by atoms with E-state index < -0.39 is 0 Å². The average molecular weight is 323 g/mol. The van der Waals surface area contributed by atoms with Crippen LogP contribution < -0.4 is 5.32 Å². The molecule has 4 heteroatoms. The Morgan fingerprint density at radius 2 is 2.12 bits per heavy atom. The molecule has 1 rings (SSSR count). The predicted octanol–water partition coefficient (Wildman–Crippen LogP) is 5.08. The Morgan fingerprint density at radius 1 is 1.41 bits per heavy atom. The van der Waals surface area contributed by atoms with Crippen molar-refractivity contribution >= 4 is 27.5 Å². The highest BCUT2D eigenvalue weighted by Crippen LogP contribution is 2.30. The Bertz CT molecular complexity index is 371. The molecule has 0 radical (unpaired) electrons. The van der Waals surface area contributed by atoms with E-state index in [0.29, 0.717) is 15.1 Å². The lowest BCUT2D eigenvalue weighted by molar-refractivity contribution is 0.470. The van der Waals surface area contributed by atoms with Crippen molar-refractivity contribution in [3.05, 3.63) is 33.0 Å². The van der Waals surface area contributed by atoms with Gasteiger partial charge >= 0.3 is 0 Å². The van der Waals surface area contributed by atoms with Gasteiger partial charge in [-0.3, -0.25) is 0 Å². The van der Waals surface area contributed by atoms with E-state index in [9.17, 15) is 4.39 Å². The first-order valence-corrected chi connectivity index (χ1v) is 7.15. The number of halogens is 3. The Kier molecular flexibility index (Phi) is 6.45. The Hall–Kier alpha value is -0.120. The van der Waals surface area contributed by atoms with Gasteiger partial charge < -0.3 is 5.32 Å². The molecule has 1 aromatic carbocycles. The first-order valence-electron chi connectivity index (χ1n) is 5.98. The molecule has 0 aliphatic heterocycles. The molecule has 0 saturated carbocycles. The summed E-state index contributed by atoms with van der Waals surface area (Å²) in [4.78, 5) is 0. The Labute approximate surface area is 116 Å². The fourth-order valence-electron chi connectivity index (χ4n) is 1.83. The number of benzene rings is 1. The molecule has 1 aromatic rings. The van der Waals surface area contributed by atoms with Gasteiger partial charge in [-0.2, -0.15) is 0 Å². The van der Waals surface area contributed by atoms with Crippen molar-refractivity contribution in [2.24, 2.45) is 0 Å². The molecule has 96 valence electrons. The van der Waals surface area contributed by atoms with Gasteiger partial charge in [0.15, 0.2) is 0 Å². The van der Waals surface area contributed by atoms with E-state index in [1.54, 1.807) is 6.07 Å². The van der Waals surface area contributed by atoms with Crippen LogP contribution >= 0.6 is 27.5 Å². The van der Waals surface area contributed by atoms with Crippen molar-refractivity contribution in [2.45, 2.75) is 39.2 Å². The maximum atomic E-state index is 13.9. The van der Waals surface area contributed by atoms with E-state index in [1.807, 2.05) is 6.92 Å². The third-order valence-electron chi connectivity index (χ3n) is 2.71. The molecule has 1 atom stereocenters. The molecule has 0 aliphatic rings. The van der Waals surface area contributed by atoms with Crippen LogP contribution in [0, 0.1) is 5.82 Å². The molecule has 0 saturated heterocycles. The fourth-order valence-corrected chi connectivity index (χ4v) is 2.31. The van der Waals surface area contributed by atoms with E-state index in [0.717, 1.165) is 25.8 Å². The molecule has 0 aromatic heterocycles. The largest absolute Gasteiger partial charge is 0.310 e. The molecule has 0 spiro atoms. The Morgan fingerprint density at radius 3 is 2.71 bits per heavy atom. The van der Waals surface area contributed by atoms with Crippen LogP contribution in [0.5, 0.6) is 0 Å². The smallest absolute Gasteiger partial charge is 0.129 e. The van der Waals surface area contributed by atoms with Crippen molar-refractivity contribution in [1.29, 1.82) is 0 Å². The number of unbranched alkanes of at least 4 members (excludes halogenated alkanes) is 1. The molecule has 1 unspecified atom stereocenters. The van der Waals surface area contributed by atoms with E-state index >= 15 is 0 Å². The summed E-state index contributed by atoms with van der Waals surface area (Å²) in [6.07, 6.45) is 3.11. The number of rotatable bonds is 6. The second-order valence-corrected chi connectivity index (χ2v) is 5.30. The second-order valence-electron chi connectivity index (χ2n) is 4.04. The molecular weight excluding hydrogens is 305 g/mol. The molecule has 1 N–H and O–H groups in total. The molecule has 0 amide bonds. The molecule has 17 heavy (non-hydrogen) atoms. The second kappa shape index (κ2) is 7.34. The van der Waals surface area contributed by atoms with Gasteiger partial charge in [0.2, 0.25) is 0 Å². The third kappa shape index (κ3) is 4.23. The maximum Gasteiger partial charge on any atom is 0.129 e.